The number of nitriles is 1. The van der Waals surface area contributed by atoms with E-state index in [4.69, 9.17) is 31.9 Å². The SMILES string of the molecule is CC(C)(C)C(NC(=O)COCCCCOc1ccc(-c2ncc(N3C(=S)N(c4ccc(C#N)c(C(F)(F)F)c4F)C(=O)C3(C)C)cc2F)cc1)C(=O)N1CCCC1c1nc(-c2cccs2)c[nH]1. The molecular weight excluding hydrogens is 916 g/mol. The van der Waals surface area contributed by atoms with Crippen molar-refractivity contribution in [2.75, 3.05) is 36.2 Å². The third kappa shape index (κ3) is 10.2. The normalized spacial score (nSPS) is 16.7. The third-order valence-electron chi connectivity index (χ3n) is 11.5. The Morgan fingerprint density at radius 2 is 1.82 bits per heavy atom. The largest absolute Gasteiger partial charge is 0.494 e. The van der Waals surface area contributed by atoms with E-state index in [1.807, 2.05) is 44.5 Å². The Morgan fingerprint density at radius 3 is 2.48 bits per heavy atom. The van der Waals surface area contributed by atoms with Crippen LogP contribution in [0.5, 0.6) is 5.75 Å². The summed E-state index contributed by atoms with van der Waals surface area (Å²) in [6.45, 7) is 9.47. The van der Waals surface area contributed by atoms with E-state index in [1.165, 1.54) is 31.0 Å². The van der Waals surface area contributed by atoms with Gasteiger partial charge in [0.2, 0.25) is 11.8 Å². The number of benzene rings is 2. The zero-order valence-corrected chi connectivity index (χ0v) is 38.8. The Bertz CT molecular complexity index is 2700. The van der Waals surface area contributed by atoms with Crippen LogP contribution in [0.15, 0.2) is 72.4 Å². The van der Waals surface area contributed by atoms with E-state index in [9.17, 15) is 27.6 Å². The number of hydrogen-bond acceptors (Lipinski definition) is 10. The molecule has 5 heterocycles. The van der Waals surface area contributed by atoms with Crippen LogP contribution in [0.4, 0.5) is 33.3 Å². The van der Waals surface area contributed by atoms with Gasteiger partial charge in [0.15, 0.2) is 16.7 Å². The van der Waals surface area contributed by atoms with Gasteiger partial charge in [0.1, 0.15) is 41.0 Å². The van der Waals surface area contributed by atoms with E-state index in [0.29, 0.717) is 42.2 Å². The first-order valence-electron chi connectivity index (χ1n) is 21.4. The lowest BCUT2D eigenvalue weighted by molar-refractivity contribution is -0.141. The van der Waals surface area contributed by atoms with Crippen molar-refractivity contribution in [1.29, 1.82) is 5.26 Å². The Labute approximate surface area is 392 Å². The predicted molar refractivity (Wildman–Crippen MR) is 245 cm³/mol. The fraction of sp³-hybridized carbons (Fsp3) is 0.383. The van der Waals surface area contributed by atoms with Gasteiger partial charge in [-0.3, -0.25) is 24.3 Å². The molecule has 0 aliphatic carbocycles. The summed E-state index contributed by atoms with van der Waals surface area (Å²) in [6.07, 6.45) is 0.621. The molecule has 20 heteroatoms. The number of likely N-dealkylation sites (tertiary alicyclic amines) is 1. The first-order chi connectivity index (χ1) is 31.7. The Balaban J connectivity index is 0.879. The minimum atomic E-state index is -5.24. The van der Waals surface area contributed by atoms with Gasteiger partial charge in [-0.1, -0.05) is 26.8 Å². The maximum Gasteiger partial charge on any atom is 0.420 e. The van der Waals surface area contributed by atoms with E-state index < -0.39 is 68.5 Å². The molecule has 2 fully saturated rings. The van der Waals surface area contributed by atoms with Crippen molar-refractivity contribution in [3.05, 3.63) is 101 Å². The average Bonchev–Trinajstić information content (AvgIpc) is 4.10. The van der Waals surface area contributed by atoms with Gasteiger partial charge in [0.05, 0.1) is 52.4 Å². The highest BCUT2D eigenvalue weighted by molar-refractivity contribution is 7.81. The average molecular weight is 963 g/mol. The molecule has 0 spiro atoms. The molecule has 2 aliphatic rings. The Kier molecular flexibility index (Phi) is 14.2. The van der Waals surface area contributed by atoms with E-state index in [2.05, 4.69) is 15.3 Å². The number of rotatable bonds is 15. The number of nitrogens with zero attached hydrogens (tertiary/aromatic N) is 6. The molecule has 2 N–H and O–H groups in total. The predicted octanol–water partition coefficient (Wildman–Crippen LogP) is 9.36. The maximum atomic E-state index is 15.7. The van der Waals surface area contributed by atoms with Gasteiger partial charge in [0.25, 0.3) is 5.91 Å². The van der Waals surface area contributed by atoms with Gasteiger partial charge in [-0.05, 0) is 105 Å². The van der Waals surface area contributed by atoms with Crippen LogP contribution < -0.4 is 19.9 Å². The number of aromatic nitrogens is 3. The fourth-order valence-electron chi connectivity index (χ4n) is 8.07. The van der Waals surface area contributed by atoms with Crippen LogP contribution in [0.2, 0.25) is 0 Å². The number of H-pyrrole nitrogens is 1. The van der Waals surface area contributed by atoms with Crippen molar-refractivity contribution >= 4 is 57.8 Å². The van der Waals surface area contributed by atoms with Crippen molar-refractivity contribution in [2.24, 2.45) is 5.41 Å². The number of halogens is 5. The van der Waals surface area contributed by atoms with Crippen molar-refractivity contribution in [1.82, 2.24) is 25.2 Å². The Hall–Kier alpha value is -6.30. The lowest BCUT2D eigenvalue weighted by Gasteiger charge is -2.35. The molecule has 13 nitrogen and oxygen atoms in total. The molecule has 5 aromatic rings. The molecule has 2 unspecified atom stereocenters. The van der Waals surface area contributed by atoms with Crippen LogP contribution in [0.25, 0.3) is 21.8 Å². The maximum absolute atomic E-state index is 15.7. The number of carbonyl (C=O) groups excluding carboxylic acids is 3. The number of thiocarbonyl (C=S) groups is 1. The first kappa shape index (κ1) is 48.6. The number of nitrogens with one attached hydrogen (secondary N) is 2. The van der Waals surface area contributed by atoms with E-state index in [1.54, 1.807) is 40.5 Å². The van der Waals surface area contributed by atoms with Crippen LogP contribution in [0, 0.1) is 28.4 Å². The van der Waals surface area contributed by atoms with Gasteiger partial charge in [-0.2, -0.15) is 18.4 Å². The molecule has 2 aromatic carbocycles. The molecule has 0 saturated carbocycles. The number of unbranched alkanes of at least 4 members (excludes halogenated alkanes) is 1. The minimum absolute atomic E-state index is 0.00736. The molecule has 3 aromatic heterocycles. The highest BCUT2D eigenvalue weighted by Crippen LogP contribution is 2.42. The molecule has 352 valence electrons. The first-order valence-corrected chi connectivity index (χ1v) is 22.6. The minimum Gasteiger partial charge on any atom is -0.494 e. The summed E-state index contributed by atoms with van der Waals surface area (Å²) in [5, 5.41) is 13.6. The van der Waals surface area contributed by atoms with Crippen molar-refractivity contribution in [3.8, 4) is 33.6 Å². The van der Waals surface area contributed by atoms with Gasteiger partial charge in [-0.25, -0.2) is 13.8 Å². The summed E-state index contributed by atoms with van der Waals surface area (Å²) in [7, 11) is 0. The number of pyridine rings is 1. The van der Waals surface area contributed by atoms with Crippen molar-refractivity contribution < 1.29 is 45.8 Å². The highest BCUT2D eigenvalue weighted by Gasteiger charge is 2.52. The highest BCUT2D eigenvalue weighted by atomic mass is 32.1. The summed E-state index contributed by atoms with van der Waals surface area (Å²) < 4.78 is 83.9. The fourth-order valence-corrected chi connectivity index (χ4v) is 9.27. The molecule has 3 amide bonds. The van der Waals surface area contributed by atoms with Crippen LogP contribution in [0.1, 0.15) is 83.3 Å². The van der Waals surface area contributed by atoms with Gasteiger partial charge < -0.3 is 29.6 Å². The topological polar surface area (TPSA) is 157 Å². The number of amides is 3. The Morgan fingerprint density at radius 1 is 1.09 bits per heavy atom. The third-order valence-corrected chi connectivity index (χ3v) is 12.7. The quantitative estimate of drug-likeness (QED) is 0.0589. The van der Waals surface area contributed by atoms with Crippen LogP contribution in [-0.4, -0.2) is 80.6 Å². The molecular formula is C47H47F5N8O5S2. The number of ether oxygens (including phenoxy) is 2. The zero-order valence-electron chi connectivity index (χ0n) is 37.2. The second-order valence-corrected chi connectivity index (χ2v) is 18.9. The van der Waals surface area contributed by atoms with Crippen LogP contribution >= 0.6 is 23.6 Å². The monoisotopic (exact) mass is 962 g/mol. The smallest absolute Gasteiger partial charge is 0.420 e. The van der Waals surface area contributed by atoms with Gasteiger partial charge in [-0.15, -0.1) is 11.3 Å². The van der Waals surface area contributed by atoms with Crippen molar-refractivity contribution in [2.45, 2.75) is 84.1 Å². The molecule has 67 heavy (non-hydrogen) atoms. The zero-order chi connectivity index (χ0) is 48.4. The molecule has 0 bridgehead atoms. The summed E-state index contributed by atoms with van der Waals surface area (Å²) in [6, 6.07) is 13.4. The lowest BCUT2D eigenvalue weighted by Crippen LogP contribution is -2.55. The standard InChI is InChI=1S/C47H47F5N8O5S2/c1-45(2,3)40(42(62)58-18-8-10-34(58)41-55-25-32(56-41)35-11-9-21-67-35)57-36(61)26-64-19-6-7-20-65-30-15-12-27(13-16-30)39-31(48)22-29(24-54-39)60-44(66)59(43(63)46(60,4)5)33-17-14-28(23-53)37(38(33)49)47(50,51)52/h9,11-17,21-22,24-25,34,40H,6-8,10,18-20,26H2,1-5H3,(H,55,56)(H,57,61). The summed E-state index contributed by atoms with van der Waals surface area (Å²) in [5.41, 5.74) is -4.61. The van der Waals surface area contributed by atoms with E-state index in [0.717, 1.165) is 47.4 Å². The molecule has 2 aliphatic heterocycles. The number of hydrogen-bond donors (Lipinski definition) is 2. The second-order valence-electron chi connectivity index (χ2n) is 17.6. The number of thiophene rings is 1. The number of carbonyl (C=O) groups is 3. The summed E-state index contributed by atoms with van der Waals surface area (Å²) >= 11 is 7.05. The number of aromatic amines is 1. The van der Waals surface area contributed by atoms with E-state index in [-0.39, 0.29) is 36.5 Å². The number of alkyl halides is 3. The van der Waals surface area contributed by atoms with Crippen LogP contribution in [0.3, 0.4) is 0 Å². The second kappa shape index (κ2) is 19.5. The van der Waals surface area contributed by atoms with Gasteiger partial charge in [0, 0.05) is 31.0 Å². The van der Waals surface area contributed by atoms with Crippen LogP contribution in [-0.2, 0) is 25.3 Å². The number of imidazole rings is 1. The van der Waals surface area contributed by atoms with E-state index >= 15 is 8.78 Å². The summed E-state index contributed by atoms with van der Waals surface area (Å²) in [5.74, 6) is -2.87. The molecule has 2 saturated heterocycles. The summed E-state index contributed by atoms with van der Waals surface area (Å²) in [4.78, 5) is 57.5. The van der Waals surface area contributed by atoms with Gasteiger partial charge >= 0.3 is 6.18 Å². The molecule has 0 radical (unpaired) electrons. The molecule has 2 atom stereocenters. The van der Waals surface area contributed by atoms with Crippen molar-refractivity contribution in [3.63, 3.8) is 0 Å². The molecule has 7 rings (SSSR count). The number of anilines is 2. The lowest BCUT2D eigenvalue weighted by atomic mass is 9.85.